The van der Waals surface area contributed by atoms with Gasteiger partial charge in [0.2, 0.25) is 0 Å². The third kappa shape index (κ3) is 2.26. The van der Waals surface area contributed by atoms with Crippen molar-refractivity contribution in [3.05, 3.63) is 23.5 Å². The number of nitrogens with one attached hydrogen (secondary N) is 1. The maximum Gasteiger partial charge on any atom is 0.311 e. The Labute approximate surface area is 88.7 Å². The summed E-state index contributed by atoms with van der Waals surface area (Å²) in [6.45, 7) is 1.00. The molecule has 1 aliphatic heterocycles. The first-order valence-electron chi connectivity index (χ1n) is 5.09. The van der Waals surface area contributed by atoms with Crippen molar-refractivity contribution in [2.24, 2.45) is 0 Å². The van der Waals surface area contributed by atoms with Gasteiger partial charge in [0.05, 0.1) is 30.6 Å². The maximum atomic E-state index is 11.1. The second kappa shape index (κ2) is 4.29. The molecular weight excluding hydrogens is 192 g/mol. The van der Waals surface area contributed by atoms with E-state index in [4.69, 9.17) is 0 Å². The molecule has 0 amide bonds. The number of rotatable bonds is 2. The predicted octanol–water partition coefficient (Wildman–Crippen LogP) is 1.16. The van der Waals surface area contributed by atoms with E-state index in [0.717, 1.165) is 36.5 Å². The average Bonchev–Trinajstić information content (AvgIpc) is 2.29. The van der Waals surface area contributed by atoms with Gasteiger partial charge in [-0.1, -0.05) is 0 Å². The van der Waals surface area contributed by atoms with E-state index in [1.54, 1.807) is 0 Å². The van der Waals surface area contributed by atoms with Crippen LogP contribution in [0.15, 0.2) is 12.1 Å². The van der Waals surface area contributed by atoms with Crippen LogP contribution in [0.5, 0.6) is 0 Å². The molecule has 0 spiro atoms. The Morgan fingerprint density at radius 1 is 1.60 bits per heavy atom. The van der Waals surface area contributed by atoms with Crippen LogP contribution in [0.1, 0.15) is 17.8 Å². The molecule has 1 aromatic rings. The van der Waals surface area contributed by atoms with Crippen LogP contribution in [0, 0.1) is 0 Å². The number of aromatic nitrogens is 1. The lowest BCUT2D eigenvalue weighted by Crippen LogP contribution is -2.15. The molecule has 0 bridgehead atoms. The minimum Gasteiger partial charge on any atom is -0.469 e. The first kappa shape index (κ1) is 9.96. The summed E-state index contributed by atoms with van der Waals surface area (Å²) < 4.78 is 4.60. The van der Waals surface area contributed by atoms with Crippen molar-refractivity contribution in [2.75, 3.05) is 19.0 Å². The zero-order valence-electron chi connectivity index (χ0n) is 8.75. The molecule has 4 nitrogen and oxygen atoms in total. The number of nitrogens with zero attached hydrogens (tertiary/aromatic N) is 1. The number of hydrogen-bond donors (Lipinski definition) is 1. The van der Waals surface area contributed by atoms with Crippen LogP contribution in [-0.2, 0) is 22.4 Å². The summed E-state index contributed by atoms with van der Waals surface area (Å²) in [7, 11) is 1.39. The molecule has 0 saturated carbocycles. The van der Waals surface area contributed by atoms with Crippen molar-refractivity contribution in [1.29, 1.82) is 0 Å². The van der Waals surface area contributed by atoms with E-state index in [1.165, 1.54) is 7.11 Å². The summed E-state index contributed by atoms with van der Waals surface area (Å²) in [6.07, 6.45) is 2.34. The number of aryl methyl sites for hydroxylation is 1. The zero-order valence-corrected chi connectivity index (χ0v) is 8.75. The summed E-state index contributed by atoms with van der Waals surface area (Å²) in [6, 6.07) is 3.85. The Morgan fingerprint density at radius 3 is 3.27 bits per heavy atom. The van der Waals surface area contributed by atoms with Crippen LogP contribution >= 0.6 is 0 Å². The average molecular weight is 206 g/mol. The van der Waals surface area contributed by atoms with Crippen LogP contribution < -0.4 is 5.32 Å². The number of hydrogen-bond acceptors (Lipinski definition) is 4. The molecule has 0 atom stereocenters. The highest BCUT2D eigenvalue weighted by Crippen LogP contribution is 2.19. The Bertz CT molecular complexity index is 377. The minimum atomic E-state index is -0.244. The fraction of sp³-hybridized carbons (Fsp3) is 0.455. The summed E-state index contributed by atoms with van der Waals surface area (Å²) in [4.78, 5) is 15.5. The lowest BCUT2D eigenvalue weighted by atomic mass is 10.1. The fourth-order valence-electron chi connectivity index (χ4n) is 1.70. The third-order valence-electron chi connectivity index (χ3n) is 2.49. The second-order valence-electron chi connectivity index (χ2n) is 3.58. The molecule has 1 aromatic heterocycles. The standard InChI is InChI=1S/C11H14N2O2/c1-15-11(14)7-8-4-5-9-10(13-8)3-2-6-12-9/h4-5,12H,2-3,6-7H2,1H3. The van der Waals surface area contributed by atoms with Crippen LogP contribution in [0.2, 0.25) is 0 Å². The highest BCUT2D eigenvalue weighted by Gasteiger charge is 2.11. The number of carbonyl (C=O) groups excluding carboxylic acids is 1. The molecule has 2 heterocycles. The molecule has 1 N–H and O–H groups in total. The predicted molar refractivity (Wildman–Crippen MR) is 56.8 cm³/mol. The highest BCUT2D eigenvalue weighted by molar-refractivity contribution is 5.72. The quantitative estimate of drug-likeness (QED) is 0.738. The Balaban J connectivity index is 2.17. The van der Waals surface area contributed by atoms with Crippen LogP contribution in [-0.4, -0.2) is 24.6 Å². The number of methoxy groups -OCH3 is 1. The lowest BCUT2D eigenvalue weighted by molar-refractivity contribution is -0.139. The van der Waals surface area contributed by atoms with Gasteiger partial charge in [0, 0.05) is 6.54 Å². The molecule has 4 heteroatoms. The first-order chi connectivity index (χ1) is 7.29. The molecule has 0 aromatic carbocycles. The largest absolute Gasteiger partial charge is 0.469 e. The van der Waals surface area contributed by atoms with Gasteiger partial charge in [0.25, 0.3) is 0 Å². The molecule has 0 aliphatic carbocycles. The monoisotopic (exact) mass is 206 g/mol. The van der Waals surface area contributed by atoms with Crippen molar-refractivity contribution in [3.63, 3.8) is 0 Å². The summed E-state index contributed by atoms with van der Waals surface area (Å²) >= 11 is 0. The van der Waals surface area contributed by atoms with Gasteiger partial charge in [0.1, 0.15) is 0 Å². The topological polar surface area (TPSA) is 51.2 Å². The van der Waals surface area contributed by atoms with Crippen molar-refractivity contribution >= 4 is 11.7 Å². The van der Waals surface area contributed by atoms with Crippen molar-refractivity contribution < 1.29 is 9.53 Å². The van der Waals surface area contributed by atoms with Gasteiger partial charge < -0.3 is 10.1 Å². The van der Waals surface area contributed by atoms with E-state index >= 15 is 0 Å². The SMILES string of the molecule is COC(=O)Cc1ccc2c(n1)CCCN2. The van der Waals surface area contributed by atoms with Gasteiger partial charge in [-0.25, -0.2) is 0 Å². The van der Waals surface area contributed by atoms with Crippen molar-refractivity contribution in [2.45, 2.75) is 19.3 Å². The number of fused-ring (bicyclic) bond motifs is 1. The summed E-state index contributed by atoms with van der Waals surface area (Å²) in [5, 5.41) is 3.28. The highest BCUT2D eigenvalue weighted by atomic mass is 16.5. The van der Waals surface area contributed by atoms with Gasteiger partial charge in [-0.15, -0.1) is 0 Å². The number of ether oxygens (including phenoxy) is 1. The summed E-state index contributed by atoms with van der Waals surface area (Å²) in [5.74, 6) is -0.244. The smallest absolute Gasteiger partial charge is 0.311 e. The number of carbonyl (C=O) groups is 1. The van der Waals surface area contributed by atoms with E-state index in [0.29, 0.717) is 0 Å². The number of anilines is 1. The third-order valence-corrected chi connectivity index (χ3v) is 2.49. The van der Waals surface area contributed by atoms with Gasteiger partial charge in [-0.05, 0) is 25.0 Å². The van der Waals surface area contributed by atoms with Crippen LogP contribution in [0.3, 0.4) is 0 Å². The Hall–Kier alpha value is -1.58. The van der Waals surface area contributed by atoms with E-state index < -0.39 is 0 Å². The molecule has 1 aliphatic rings. The van der Waals surface area contributed by atoms with Crippen molar-refractivity contribution in [1.82, 2.24) is 4.98 Å². The van der Waals surface area contributed by atoms with E-state index in [2.05, 4.69) is 15.0 Å². The summed E-state index contributed by atoms with van der Waals surface area (Å²) in [5.41, 5.74) is 2.93. The Morgan fingerprint density at radius 2 is 2.47 bits per heavy atom. The van der Waals surface area contributed by atoms with E-state index in [9.17, 15) is 4.79 Å². The van der Waals surface area contributed by atoms with Gasteiger partial charge in [-0.2, -0.15) is 0 Å². The molecule has 0 unspecified atom stereocenters. The van der Waals surface area contributed by atoms with Crippen molar-refractivity contribution in [3.8, 4) is 0 Å². The van der Waals surface area contributed by atoms with Crippen LogP contribution in [0.25, 0.3) is 0 Å². The van der Waals surface area contributed by atoms with Gasteiger partial charge >= 0.3 is 5.97 Å². The first-order valence-corrected chi connectivity index (χ1v) is 5.09. The maximum absolute atomic E-state index is 11.1. The molecule has 0 radical (unpaired) electrons. The fourth-order valence-corrected chi connectivity index (χ4v) is 1.70. The normalized spacial score (nSPS) is 13.9. The molecule has 15 heavy (non-hydrogen) atoms. The van der Waals surface area contributed by atoms with Gasteiger partial charge in [0.15, 0.2) is 0 Å². The van der Waals surface area contributed by atoms with Gasteiger partial charge in [-0.3, -0.25) is 9.78 Å². The molecule has 0 fully saturated rings. The van der Waals surface area contributed by atoms with E-state index in [1.807, 2.05) is 12.1 Å². The lowest BCUT2D eigenvalue weighted by Gasteiger charge is -2.17. The van der Waals surface area contributed by atoms with E-state index in [-0.39, 0.29) is 12.4 Å². The molecule has 0 saturated heterocycles. The minimum absolute atomic E-state index is 0.244. The second-order valence-corrected chi connectivity index (χ2v) is 3.58. The molecule has 2 rings (SSSR count). The Kier molecular flexibility index (Phi) is 2.85. The number of esters is 1. The zero-order chi connectivity index (χ0) is 10.7. The van der Waals surface area contributed by atoms with Crippen LogP contribution in [0.4, 0.5) is 5.69 Å². The number of pyridine rings is 1. The molecular formula is C11H14N2O2. The molecule has 80 valence electrons.